The van der Waals surface area contributed by atoms with E-state index < -0.39 is 6.04 Å². The number of para-hydroxylation sites is 1. The summed E-state index contributed by atoms with van der Waals surface area (Å²) in [5.74, 6) is -0.451. The van der Waals surface area contributed by atoms with Gasteiger partial charge in [-0.2, -0.15) is 5.10 Å². The summed E-state index contributed by atoms with van der Waals surface area (Å²) in [7, 11) is 0. The molecule has 1 atom stereocenters. The molecule has 0 aliphatic carbocycles. The highest BCUT2D eigenvalue weighted by molar-refractivity contribution is 6.44. The Labute approximate surface area is 176 Å². The van der Waals surface area contributed by atoms with Gasteiger partial charge in [-0.05, 0) is 57.2 Å². The molecule has 1 aliphatic heterocycles. The molecule has 2 aromatic carbocycles. The number of nitrogens with zero attached hydrogens (tertiary/aromatic N) is 3. The molecule has 2 aromatic rings. The van der Waals surface area contributed by atoms with Gasteiger partial charge in [-0.25, -0.2) is 0 Å². The van der Waals surface area contributed by atoms with Gasteiger partial charge in [0.2, 0.25) is 0 Å². The van der Waals surface area contributed by atoms with Crippen molar-refractivity contribution in [1.29, 1.82) is 0 Å². The molecule has 0 radical (unpaired) electrons. The zero-order chi connectivity index (χ0) is 21.7. The van der Waals surface area contributed by atoms with Gasteiger partial charge in [0.1, 0.15) is 11.8 Å². The number of carbonyl (C=O) groups excluding carboxylic acids is 3. The summed E-state index contributed by atoms with van der Waals surface area (Å²) >= 11 is 0. The molecule has 1 N–H and O–H groups in total. The van der Waals surface area contributed by atoms with E-state index in [1.54, 1.807) is 34.2 Å². The smallest absolute Gasteiger partial charge is 0.271 e. The van der Waals surface area contributed by atoms with E-state index in [0.717, 1.165) is 5.69 Å². The van der Waals surface area contributed by atoms with E-state index in [1.165, 1.54) is 6.92 Å². The van der Waals surface area contributed by atoms with Crippen molar-refractivity contribution in [3.63, 3.8) is 0 Å². The van der Waals surface area contributed by atoms with Crippen LogP contribution in [-0.2, 0) is 9.59 Å². The number of benzene rings is 2. The molecule has 0 fully saturated rings. The van der Waals surface area contributed by atoms with E-state index in [1.807, 2.05) is 44.2 Å². The Morgan fingerprint density at radius 3 is 2.23 bits per heavy atom. The monoisotopic (exact) mass is 406 g/mol. The molecule has 7 nitrogen and oxygen atoms in total. The van der Waals surface area contributed by atoms with E-state index in [0.29, 0.717) is 30.1 Å². The second kappa shape index (κ2) is 9.35. The van der Waals surface area contributed by atoms with Crippen LogP contribution in [0.2, 0.25) is 0 Å². The number of ketones is 1. The number of Topliss-reactive ketones (excluding diaryl/α,β-unsaturated/α-hetero) is 1. The normalized spacial score (nSPS) is 15.5. The number of rotatable bonds is 7. The molecule has 0 saturated heterocycles. The average molecular weight is 406 g/mol. The van der Waals surface area contributed by atoms with Crippen LogP contribution in [0.4, 0.5) is 11.4 Å². The molecule has 0 spiro atoms. The summed E-state index contributed by atoms with van der Waals surface area (Å²) in [6.07, 6.45) is 0.245. The van der Waals surface area contributed by atoms with Gasteiger partial charge in [0.15, 0.2) is 5.78 Å². The Morgan fingerprint density at radius 1 is 1.03 bits per heavy atom. The summed E-state index contributed by atoms with van der Waals surface area (Å²) in [5, 5.41) is 8.81. The third kappa shape index (κ3) is 4.56. The average Bonchev–Trinajstić information content (AvgIpc) is 3.22. The maximum absolute atomic E-state index is 12.7. The molecule has 156 valence electrons. The SMILES string of the molecule is CCN(CC)C(=O)c1ccc(NC(=O)C2=NN(c3ccccc3)C(C(C)=O)C2)cc1. The van der Waals surface area contributed by atoms with E-state index in [4.69, 9.17) is 0 Å². The number of hydrogen-bond acceptors (Lipinski definition) is 5. The Hall–Kier alpha value is -3.48. The summed E-state index contributed by atoms with van der Waals surface area (Å²) in [5.41, 5.74) is 2.19. The third-order valence-electron chi connectivity index (χ3n) is 5.10. The van der Waals surface area contributed by atoms with Crippen LogP contribution in [0, 0.1) is 0 Å². The molecule has 0 bridgehead atoms. The standard InChI is InChI=1S/C23H26N4O3/c1-4-26(5-2)23(30)17-11-13-18(14-12-17)24-22(29)20-15-21(16(3)28)27(25-20)19-9-7-6-8-10-19/h6-14,21H,4-5,15H2,1-3H3,(H,24,29). The molecule has 0 aromatic heterocycles. The maximum Gasteiger partial charge on any atom is 0.271 e. The van der Waals surface area contributed by atoms with Gasteiger partial charge in [0.25, 0.3) is 11.8 Å². The van der Waals surface area contributed by atoms with Crippen LogP contribution < -0.4 is 10.3 Å². The zero-order valence-electron chi connectivity index (χ0n) is 17.5. The number of hydrogen-bond donors (Lipinski definition) is 1. The second-order valence-electron chi connectivity index (χ2n) is 7.07. The first-order valence-electron chi connectivity index (χ1n) is 10.1. The highest BCUT2D eigenvalue weighted by atomic mass is 16.2. The van der Waals surface area contributed by atoms with Crippen molar-refractivity contribution in [2.24, 2.45) is 5.10 Å². The fourth-order valence-electron chi connectivity index (χ4n) is 3.38. The molecule has 1 aliphatic rings. The number of amides is 2. The first kappa shape index (κ1) is 21.2. The van der Waals surface area contributed by atoms with Crippen LogP contribution in [0.15, 0.2) is 59.7 Å². The van der Waals surface area contributed by atoms with Crippen LogP contribution in [-0.4, -0.2) is 47.3 Å². The predicted molar refractivity (Wildman–Crippen MR) is 118 cm³/mol. The maximum atomic E-state index is 12.7. The fourth-order valence-corrected chi connectivity index (χ4v) is 3.38. The number of hydrazone groups is 1. The molecule has 3 rings (SSSR count). The summed E-state index contributed by atoms with van der Waals surface area (Å²) < 4.78 is 0. The van der Waals surface area contributed by atoms with Crippen LogP contribution in [0.5, 0.6) is 0 Å². The highest BCUT2D eigenvalue weighted by Gasteiger charge is 2.34. The van der Waals surface area contributed by atoms with E-state index in [2.05, 4.69) is 10.4 Å². The summed E-state index contributed by atoms with van der Waals surface area (Å²) in [6.45, 7) is 6.66. The minimum absolute atomic E-state index is 0.0409. The van der Waals surface area contributed by atoms with Gasteiger partial charge in [-0.1, -0.05) is 18.2 Å². The fraction of sp³-hybridized carbons (Fsp3) is 0.304. The van der Waals surface area contributed by atoms with Crippen LogP contribution in [0.3, 0.4) is 0 Å². The van der Waals surface area contributed by atoms with Crippen LogP contribution >= 0.6 is 0 Å². The van der Waals surface area contributed by atoms with Crippen molar-refractivity contribution in [3.05, 3.63) is 60.2 Å². The zero-order valence-corrected chi connectivity index (χ0v) is 17.5. The summed E-state index contributed by atoms with van der Waals surface area (Å²) in [6, 6.07) is 15.6. The lowest BCUT2D eigenvalue weighted by Gasteiger charge is -2.20. The largest absolute Gasteiger partial charge is 0.339 e. The lowest BCUT2D eigenvalue weighted by Crippen LogP contribution is -2.33. The topological polar surface area (TPSA) is 82.1 Å². The van der Waals surface area contributed by atoms with E-state index >= 15 is 0 Å². The molecular weight excluding hydrogens is 380 g/mol. The van der Waals surface area contributed by atoms with Crippen molar-refractivity contribution < 1.29 is 14.4 Å². The van der Waals surface area contributed by atoms with Crippen molar-refractivity contribution in [1.82, 2.24) is 4.90 Å². The first-order chi connectivity index (χ1) is 14.4. The van der Waals surface area contributed by atoms with Crippen LogP contribution in [0.25, 0.3) is 0 Å². The number of anilines is 2. The van der Waals surface area contributed by atoms with Crippen molar-refractivity contribution in [2.45, 2.75) is 33.2 Å². The molecule has 1 unspecified atom stereocenters. The van der Waals surface area contributed by atoms with Gasteiger partial charge in [-0.3, -0.25) is 19.4 Å². The minimum Gasteiger partial charge on any atom is -0.339 e. The molecule has 1 heterocycles. The Morgan fingerprint density at radius 2 is 1.67 bits per heavy atom. The van der Waals surface area contributed by atoms with Gasteiger partial charge < -0.3 is 10.2 Å². The van der Waals surface area contributed by atoms with E-state index in [-0.39, 0.29) is 24.0 Å². The molecular formula is C23H26N4O3. The van der Waals surface area contributed by atoms with Gasteiger partial charge in [0, 0.05) is 30.8 Å². The van der Waals surface area contributed by atoms with Gasteiger partial charge in [0.05, 0.1) is 5.69 Å². The highest BCUT2D eigenvalue weighted by Crippen LogP contribution is 2.25. The van der Waals surface area contributed by atoms with Crippen LogP contribution in [0.1, 0.15) is 37.6 Å². The lowest BCUT2D eigenvalue weighted by molar-refractivity contribution is -0.118. The van der Waals surface area contributed by atoms with Gasteiger partial charge in [-0.15, -0.1) is 0 Å². The first-order valence-corrected chi connectivity index (χ1v) is 10.1. The summed E-state index contributed by atoms with van der Waals surface area (Å²) in [4.78, 5) is 38.9. The molecule has 2 amide bonds. The quantitative estimate of drug-likeness (QED) is 0.765. The lowest BCUT2D eigenvalue weighted by atomic mass is 10.1. The van der Waals surface area contributed by atoms with Crippen molar-refractivity contribution in [3.8, 4) is 0 Å². The predicted octanol–water partition coefficient (Wildman–Crippen LogP) is 3.33. The minimum atomic E-state index is -0.498. The Bertz CT molecular complexity index is 950. The van der Waals surface area contributed by atoms with Crippen molar-refractivity contribution >= 4 is 34.7 Å². The number of carbonyl (C=O) groups is 3. The molecule has 30 heavy (non-hydrogen) atoms. The van der Waals surface area contributed by atoms with Gasteiger partial charge >= 0.3 is 0 Å². The Balaban J connectivity index is 1.72. The second-order valence-corrected chi connectivity index (χ2v) is 7.07. The molecule has 7 heteroatoms. The third-order valence-corrected chi connectivity index (χ3v) is 5.10. The van der Waals surface area contributed by atoms with Crippen molar-refractivity contribution in [2.75, 3.05) is 23.4 Å². The molecule has 0 saturated carbocycles. The Kier molecular flexibility index (Phi) is 6.61. The number of nitrogens with one attached hydrogen (secondary N) is 1. The van der Waals surface area contributed by atoms with E-state index in [9.17, 15) is 14.4 Å².